The summed E-state index contributed by atoms with van der Waals surface area (Å²) in [6, 6.07) is 13.4. The van der Waals surface area contributed by atoms with Crippen molar-refractivity contribution in [1.29, 1.82) is 0 Å². The number of nitrogens with zero attached hydrogens (tertiary/aromatic N) is 3. The van der Waals surface area contributed by atoms with Crippen molar-refractivity contribution in [3.63, 3.8) is 0 Å². The first-order chi connectivity index (χ1) is 13.9. The van der Waals surface area contributed by atoms with Gasteiger partial charge >= 0.3 is 6.18 Å². The minimum atomic E-state index is -4.37. The van der Waals surface area contributed by atoms with Crippen LogP contribution in [-0.4, -0.2) is 47.6 Å². The van der Waals surface area contributed by atoms with Gasteiger partial charge in [0.1, 0.15) is 5.82 Å². The van der Waals surface area contributed by atoms with Crippen LogP contribution in [0.4, 0.5) is 18.9 Å². The molecule has 0 amide bonds. The number of hydrogen-bond donors (Lipinski definition) is 1. The molecule has 3 aromatic rings. The second-order valence-corrected chi connectivity index (χ2v) is 7.20. The second-order valence-electron chi connectivity index (χ2n) is 7.20. The number of rotatable bonds is 4. The number of piperazine rings is 1. The maximum atomic E-state index is 13.0. The van der Waals surface area contributed by atoms with Gasteiger partial charge in [-0.15, -0.1) is 0 Å². The van der Waals surface area contributed by atoms with Gasteiger partial charge in [-0.25, -0.2) is 4.98 Å². The molecule has 0 spiro atoms. The van der Waals surface area contributed by atoms with Crippen molar-refractivity contribution >= 4 is 5.69 Å². The van der Waals surface area contributed by atoms with E-state index in [4.69, 9.17) is 0 Å². The van der Waals surface area contributed by atoms with Gasteiger partial charge in [-0.2, -0.15) is 13.2 Å². The highest BCUT2D eigenvalue weighted by Gasteiger charge is 2.30. The Labute approximate surface area is 168 Å². The van der Waals surface area contributed by atoms with Crippen LogP contribution in [0.5, 0.6) is 0 Å². The smallest absolute Gasteiger partial charge is 0.369 e. The van der Waals surface area contributed by atoms with Crippen molar-refractivity contribution in [1.82, 2.24) is 14.9 Å². The molecular formula is C22H23F3N4. The predicted molar refractivity (Wildman–Crippen MR) is 109 cm³/mol. The number of H-pyrrole nitrogens is 1. The molecule has 4 nitrogen and oxygen atoms in total. The largest absolute Gasteiger partial charge is 0.416 e. The standard InChI is InChI=1S/C22H23F3N4/c1-2-28-9-11-29(12-10-28)19-8-4-6-17(14-19)21-26-15-20(27-21)16-5-3-7-18(13-16)22(23,24)25/h3-8,13-15H,2,9-12H2,1H3,(H,26,27). The van der Waals surface area contributed by atoms with Crippen molar-refractivity contribution < 1.29 is 13.2 Å². The van der Waals surface area contributed by atoms with Gasteiger partial charge in [0.25, 0.3) is 0 Å². The van der Waals surface area contributed by atoms with Gasteiger partial charge < -0.3 is 14.8 Å². The summed E-state index contributed by atoms with van der Waals surface area (Å²) in [6.45, 7) is 7.28. The number of alkyl halides is 3. The Balaban J connectivity index is 1.56. The Morgan fingerprint density at radius 1 is 0.966 bits per heavy atom. The molecule has 0 bridgehead atoms. The number of nitrogens with one attached hydrogen (secondary N) is 1. The van der Waals surface area contributed by atoms with Crippen LogP contribution < -0.4 is 4.90 Å². The van der Waals surface area contributed by atoms with Gasteiger partial charge in [-0.3, -0.25) is 0 Å². The third kappa shape index (κ3) is 4.29. The highest BCUT2D eigenvalue weighted by Crippen LogP contribution is 2.32. The van der Waals surface area contributed by atoms with Gasteiger partial charge in [-0.05, 0) is 30.8 Å². The number of aromatic nitrogens is 2. The van der Waals surface area contributed by atoms with Crippen LogP contribution in [0.25, 0.3) is 22.6 Å². The first-order valence-corrected chi connectivity index (χ1v) is 9.74. The zero-order valence-corrected chi connectivity index (χ0v) is 16.2. The van der Waals surface area contributed by atoms with Crippen molar-refractivity contribution in [3.05, 3.63) is 60.3 Å². The lowest BCUT2D eigenvalue weighted by Gasteiger charge is -2.35. The fourth-order valence-electron chi connectivity index (χ4n) is 3.65. The molecule has 1 fully saturated rings. The molecule has 1 aliphatic heterocycles. The Hall–Kier alpha value is -2.80. The fourth-order valence-corrected chi connectivity index (χ4v) is 3.65. The Morgan fingerprint density at radius 2 is 1.69 bits per heavy atom. The number of hydrogen-bond acceptors (Lipinski definition) is 3. The van der Waals surface area contributed by atoms with E-state index >= 15 is 0 Å². The molecule has 0 atom stereocenters. The lowest BCUT2D eigenvalue weighted by molar-refractivity contribution is -0.137. The molecule has 1 aromatic heterocycles. The zero-order valence-electron chi connectivity index (χ0n) is 16.2. The van der Waals surface area contributed by atoms with Crippen LogP contribution >= 0.6 is 0 Å². The van der Waals surface area contributed by atoms with Crippen LogP contribution in [0.1, 0.15) is 12.5 Å². The van der Waals surface area contributed by atoms with E-state index in [2.05, 4.69) is 38.8 Å². The summed E-state index contributed by atoms with van der Waals surface area (Å²) in [7, 11) is 0. The summed E-state index contributed by atoms with van der Waals surface area (Å²) in [6.07, 6.45) is -2.79. The molecule has 2 aromatic carbocycles. The third-order valence-corrected chi connectivity index (χ3v) is 5.38. The molecule has 1 saturated heterocycles. The molecule has 0 unspecified atom stereocenters. The van der Waals surface area contributed by atoms with Gasteiger partial charge in [0.15, 0.2) is 0 Å². The van der Waals surface area contributed by atoms with Crippen molar-refractivity contribution in [3.8, 4) is 22.6 Å². The number of anilines is 1. The number of benzene rings is 2. The summed E-state index contributed by atoms with van der Waals surface area (Å²) < 4.78 is 39.0. The summed E-state index contributed by atoms with van der Waals surface area (Å²) in [5.74, 6) is 0.645. The van der Waals surface area contributed by atoms with Crippen molar-refractivity contribution in [2.24, 2.45) is 0 Å². The number of halogens is 3. The van der Waals surface area contributed by atoms with Crippen LogP contribution in [0.15, 0.2) is 54.7 Å². The summed E-state index contributed by atoms with van der Waals surface area (Å²) in [5.41, 5.74) is 2.41. The summed E-state index contributed by atoms with van der Waals surface area (Å²) in [4.78, 5) is 12.3. The highest BCUT2D eigenvalue weighted by molar-refractivity contribution is 5.68. The van der Waals surface area contributed by atoms with Gasteiger partial charge in [0.05, 0.1) is 17.5 Å². The van der Waals surface area contributed by atoms with Crippen molar-refractivity contribution in [2.75, 3.05) is 37.6 Å². The maximum absolute atomic E-state index is 13.0. The van der Waals surface area contributed by atoms with E-state index in [-0.39, 0.29) is 0 Å². The van der Waals surface area contributed by atoms with Crippen molar-refractivity contribution in [2.45, 2.75) is 13.1 Å². The topological polar surface area (TPSA) is 35.2 Å². The number of likely N-dealkylation sites (N-methyl/N-ethyl adjacent to an activating group) is 1. The van der Waals surface area contributed by atoms with E-state index in [9.17, 15) is 13.2 Å². The Bertz CT molecular complexity index is 972. The van der Waals surface area contributed by atoms with Crippen LogP contribution in [0.2, 0.25) is 0 Å². The lowest BCUT2D eigenvalue weighted by atomic mass is 10.1. The molecule has 1 N–H and O–H groups in total. The van der Waals surface area contributed by atoms with Crippen LogP contribution in [-0.2, 0) is 6.18 Å². The zero-order chi connectivity index (χ0) is 20.4. The van der Waals surface area contributed by atoms with Gasteiger partial charge in [0.2, 0.25) is 0 Å². The quantitative estimate of drug-likeness (QED) is 0.676. The van der Waals surface area contributed by atoms with E-state index in [1.807, 2.05) is 12.1 Å². The Kier molecular flexibility index (Phi) is 5.32. The molecule has 0 radical (unpaired) electrons. The monoisotopic (exact) mass is 400 g/mol. The average molecular weight is 400 g/mol. The minimum absolute atomic E-state index is 0.463. The Morgan fingerprint density at radius 3 is 2.41 bits per heavy atom. The molecule has 4 rings (SSSR count). The van der Waals surface area contributed by atoms with E-state index in [0.29, 0.717) is 17.1 Å². The first-order valence-electron chi connectivity index (χ1n) is 9.74. The predicted octanol–water partition coefficient (Wildman–Crippen LogP) is 4.90. The average Bonchev–Trinajstić information content (AvgIpc) is 3.24. The van der Waals surface area contributed by atoms with Gasteiger partial charge in [0, 0.05) is 43.0 Å². The lowest BCUT2D eigenvalue weighted by Crippen LogP contribution is -2.46. The third-order valence-electron chi connectivity index (χ3n) is 5.38. The fraction of sp³-hybridized carbons (Fsp3) is 0.318. The highest BCUT2D eigenvalue weighted by atomic mass is 19.4. The van der Waals surface area contributed by atoms with Crippen LogP contribution in [0, 0.1) is 0 Å². The number of aromatic amines is 1. The van der Waals surface area contributed by atoms with Gasteiger partial charge in [-0.1, -0.05) is 31.2 Å². The maximum Gasteiger partial charge on any atom is 0.416 e. The summed E-state index contributed by atoms with van der Waals surface area (Å²) >= 11 is 0. The molecule has 0 aliphatic carbocycles. The van der Waals surface area contributed by atoms with E-state index in [1.54, 1.807) is 12.3 Å². The van der Waals surface area contributed by atoms with E-state index in [0.717, 1.165) is 56.1 Å². The SMILES string of the molecule is CCN1CCN(c2cccc(-c3ncc(-c4cccc(C(F)(F)F)c4)[nH]3)c2)CC1. The number of imidazole rings is 1. The molecular weight excluding hydrogens is 377 g/mol. The first kappa shape index (κ1) is 19.5. The minimum Gasteiger partial charge on any atom is -0.369 e. The van der Waals surface area contributed by atoms with E-state index in [1.165, 1.54) is 6.07 Å². The normalized spacial score (nSPS) is 15.7. The molecule has 29 heavy (non-hydrogen) atoms. The molecule has 0 saturated carbocycles. The summed E-state index contributed by atoms with van der Waals surface area (Å²) in [5, 5.41) is 0. The molecule has 152 valence electrons. The molecule has 1 aliphatic rings. The van der Waals surface area contributed by atoms with E-state index < -0.39 is 11.7 Å². The molecule has 7 heteroatoms. The second kappa shape index (κ2) is 7.91. The molecule has 2 heterocycles. The van der Waals surface area contributed by atoms with Crippen LogP contribution in [0.3, 0.4) is 0 Å².